The van der Waals surface area contributed by atoms with E-state index in [9.17, 15) is 14.7 Å². The van der Waals surface area contributed by atoms with E-state index in [1.807, 2.05) is 25.1 Å². The molecule has 3 aromatic rings. The van der Waals surface area contributed by atoms with Crippen molar-refractivity contribution in [2.75, 3.05) is 13.2 Å². The Morgan fingerprint density at radius 3 is 2.67 bits per heavy atom. The van der Waals surface area contributed by atoms with E-state index >= 15 is 0 Å². The summed E-state index contributed by atoms with van der Waals surface area (Å²) in [5, 5.41) is 13.5. The van der Waals surface area contributed by atoms with Gasteiger partial charge in [0.15, 0.2) is 6.61 Å². The van der Waals surface area contributed by atoms with Crippen molar-refractivity contribution in [3.63, 3.8) is 0 Å². The number of hydrogen-bond donors (Lipinski definition) is 2. The second kappa shape index (κ2) is 8.05. The molecule has 6 heteroatoms. The number of amides is 1. The lowest BCUT2D eigenvalue weighted by molar-refractivity contribution is -0.123. The molecule has 2 aromatic carbocycles. The van der Waals surface area contributed by atoms with Gasteiger partial charge in [-0.3, -0.25) is 4.79 Å². The highest BCUT2D eigenvalue weighted by Crippen LogP contribution is 2.28. The van der Waals surface area contributed by atoms with Crippen molar-refractivity contribution < 1.29 is 19.1 Å². The standard InChI is InChI=1S/C21H21NO5/c1-13-10-20(25)27-21-14(2)18(9-8-16(13)21)26-12-19(24)22-11-17(23)15-6-4-3-5-7-15/h3-10,17,23H,11-12H2,1-2H3,(H,22,24)/t17-/m0/s1. The molecule has 1 atom stereocenters. The van der Waals surface area contributed by atoms with Crippen LogP contribution in [0.1, 0.15) is 22.8 Å². The van der Waals surface area contributed by atoms with Gasteiger partial charge in [0.25, 0.3) is 5.91 Å². The number of ether oxygens (including phenoxy) is 1. The number of carbonyl (C=O) groups excluding carboxylic acids is 1. The fourth-order valence-corrected chi connectivity index (χ4v) is 2.85. The zero-order chi connectivity index (χ0) is 19.4. The topological polar surface area (TPSA) is 88.8 Å². The Labute approximate surface area is 156 Å². The van der Waals surface area contributed by atoms with Gasteiger partial charge in [0.1, 0.15) is 11.3 Å². The molecule has 1 heterocycles. The average molecular weight is 367 g/mol. The Kier molecular flexibility index (Phi) is 5.57. The van der Waals surface area contributed by atoms with Crippen LogP contribution in [0.4, 0.5) is 0 Å². The zero-order valence-electron chi connectivity index (χ0n) is 15.2. The van der Waals surface area contributed by atoms with Crippen molar-refractivity contribution in [2.45, 2.75) is 20.0 Å². The molecule has 0 aliphatic rings. The third-order valence-electron chi connectivity index (χ3n) is 4.35. The summed E-state index contributed by atoms with van der Waals surface area (Å²) in [4.78, 5) is 23.6. The molecule has 0 spiro atoms. The molecule has 0 saturated carbocycles. The molecule has 0 bridgehead atoms. The van der Waals surface area contributed by atoms with Crippen LogP contribution in [0.5, 0.6) is 5.75 Å². The van der Waals surface area contributed by atoms with Crippen LogP contribution in [-0.4, -0.2) is 24.2 Å². The molecule has 0 radical (unpaired) electrons. The Balaban J connectivity index is 1.62. The molecule has 140 valence electrons. The molecular formula is C21H21NO5. The van der Waals surface area contributed by atoms with E-state index in [-0.39, 0.29) is 19.1 Å². The molecule has 1 amide bonds. The van der Waals surface area contributed by atoms with Gasteiger partial charge in [0.05, 0.1) is 6.10 Å². The highest BCUT2D eigenvalue weighted by molar-refractivity contribution is 5.85. The molecule has 6 nitrogen and oxygen atoms in total. The van der Waals surface area contributed by atoms with Gasteiger partial charge >= 0.3 is 5.63 Å². The molecule has 1 aromatic heterocycles. The van der Waals surface area contributed by atoms with Gasteiger partial charge < -0.3 is 19.6 Å². The number of aliphatic hydroxyl groups is 1. The smallest absolute Gasteiger partial charge is 0.336 e. The van der Waals surface area contributed by atoms with Crippen molar-refractivity contribution in [1.29, 1.82) is 0 Å². The minimum Gasteiger partial charge on any atom is -0.483 e. The van der Waals surface area contributed by atoms with Gasteiger partial charge in [-0.2, -0.15) is 0 Å². The maximum Gasteiger partial charge on any atom is 0.336 e. The first-order valence-electron chi connectivity index (χ1n) is 8.62. The monoisotopic (exact) mass is 367 g/mol. The van der Waals surface area contributed by atoms with E-state index in [4.69, 9.17) is 9.15 Å². The minimum absolute atomic E-state index is 0.0942. The number of carbonyl (C=O) groups is 1. The highest BCUT2D eigenvalue weighted by atomic mass is 16.5. The molecule has 2 N–H and O–H groups in total. The molecule has 0 saturated heterocycles. The van der Waals surface area contributed by atoms with Crippen LogP contribution < -0.4 is 15.7 Å². The van der Waals surface area contributed by atoms with Crippen molar-refractivity contribution >= 4 is 16.9 Å². The summed E-state index contributed by atoms with van der Waals surface area (Å²) in [5.74, 6) is 0.116. The van der Waals surface area contributed by atoms with Crippen LogP contribution in [0.15, 0.2) is 57.7 Å². The van der Waals surface area contributed by atoms with Crippen LogP contribution >= 0.6 is 0 Å². The van der Waals surface area contributed by atoms with Crippen molar-refractivity contribution in [1.82, 2.24) is 5.32 Å². The number of aliphatic hydroxyl groups excluding tert-OH is 1. The van der Waals surface area contributed by atoms with Gasteiger partial charge in [-0.25, -0.2) is 4.79 Å². The first kappa shape index (κ1) is 18.7. The molecule has 27 heavy (non-hydrogen) atoms. The summed E-state index contributed by atoms with van der Waals surface area (Å²) in [6.07, 6.45) is -0.783. The van der Waals surface area contributed by atoms with E-state index in [1.54, 1.807) is 31.2 Å². The number of benzene rings is 2. The second-order valence-corrected chi connectivity index (χ2v) is 6.33. The maximum absolute atomic E-state index is 12.0. The van der Waals surface area contributed by atoms with Crippen LogP contribution in [0.3, 0.4) is 0 Å². The zero-order valence-corrected chi connectivity index (χ0v) is 15.2. The molecule has 3 rings (SSSR count). The Hall–Kier alpha value is -3.12. The lowest BCUT2D eigenvalue weighted by Crippen LogP contribution is -2.32. The SMILES string of the molecule is Cc1cc(=O)oc2c(C)c(OCC(=O)NC[C@H](O)c3ccccc3)ccc12. The maximum atomic E-state index is 12.0. The lowest BCUT2D eigenvalue weighted by Gasteiger charge is -2.14. The average Bonchev–Trinajstić information content (AvgIpc) is 2.66. The van der Waals surface area contributed by atoms with Gasteiger partial charge in [0.2, 0.25) is 0 Å². The molecule has 0 fully saturated rings. The first-order valence-corrected chi connectivity index (χ1v) is 8.62. The van der Waals surface area contributed by atoms with E-state index in [1.165, 1.54) is 6.07 Å². The van der Waals surface area contributed by atoms with E-state index < -0.39 is 11.7 Å². The summed E-state index contributed by atoms with van der Waals surface area (Å²) >= 11 is 0. The van der Waals surface area contributed by atoms with E-state index in [2.05, 4.69) is 5.32 Å². The van der Waals surface area contributed by atoms with Gasteiger partial charge in [-0.1, -0.05) is 30.3 Å². The molecule has 0 unspecified atom stereocenters. The largest absolute Gasteiger partial charge is 0.483 e. The summed E-state index contributed by atoms with van der Waals surface area (Å²) in [6, 6.07) is 14.1. The summed E-state index contributed by atoms with van der Waals surface area (Å²) in [5.41, 5.74) is 2.24. The number of aryl methyl sites for hydroxylation is 2. The van der Waals surface area contributed by atoms with Gasteiger partial charge in [0, 0.05) is 23.6 Å². The highest BCUT2D eigenvalue weighted by Gasteiger charge is 2.13. The molecular weight excluding hydrogens is 346 g/mol. The van der Waals surface area contributed by atoms with Crippen LogP contribution in [0.25, 0.3) is 11.0 Å². The first-order chi connectivity index (χ1) is 13.0. The Morgan fingerprint density at radius 1 is 1.19 bits per heavy atom. The Morgan fingerprint density at radius 2 is 1.93 bits per heavy atom. The van der Waals surface area contributed by atoms with E-state index in [0.29, 0.717) is 16.9 Å². The molecule has 0 aliphatic carbocycles. The Bertz CT molecular complexity index is 1010. The number of rotatable bonds is 6. The fourth-order valence-electron chi connectivity index (χ4n) is 2.85. The summed E-state index contributed by atoms with van der Waals surface area (Å²) in [6.45, 7) is 3.50. The van der Waals surface area contributed by atoms with Crippen LogP contribution in [0.2, 0.25) is 0 Å². The fraction of sp³-hybridized carbons (Fsp3) is 0.238. The minimum atomic E-state index is -0.783. The summed E-state index contributed by atoms with van der Waals surface area (Å²) in [7, 11) is 0. The predicted octanol–water partition coefficient (Wildman–Crippen LogP) is 2.64. The van der Waals surface area contributed by atoms with Crippen LogP contribution in [0, 0.1) is 13.8 Å². The van der Waals surface area contributed by atoms with Crippen molar-refractivity contribution in [3.05, 3.63) is 75.6 Å². The lowest BCUT2D eigenvalue weighted by atomic mass is 10.1. The number of hydrogen-bond acceptors (Lipinski definition) is 5. The molecule has 0 aliphatic heterocycles. The predicted molar refractivity (Wildman–Crippen MR) is 102 cm³/mol. The summed E-state index contributed by atoms with van der Waals surface area (Å²) < 4.78 is 10.8. The normalized spacial score (nSPS) is 12.0. The van der Waals surface area contributed by atoms with Gasteiger partial charge in [-0.15, -0.1) is 0 Å². The van der Waals surface area contributed by atoms with Gasteiger partial charge in [-0.05, 0) is 37.1 Å². The number of fused-ring (bicyclic) bond motifs is 1. The third kappa shape index (κ3) is 4.35. The number of nitrogens with one attached hydrogen (secondary N) is 1. The quantitative estimate of drug-likeness (QED) is 0.654. The van der Waals surface area contributed by atoms with Crippen LogP contribution in [-0.2, 0) is 4.79 Å². The third-order valence-corrected chi connectivity index (χ3v) is 4.35. The van der Waals surface area contributed by atoms with E-state index in [0.717, 1.165) is 16.5 Å². The van der Waals surface area contributed by atoms with Crippen molar-refractivity contribution in [2.24, 2.45) is 0 Å². The van der Waals surface area contributed by atoms with Crippen molar-refractivity contribution in [3.8, 4) is 5.75 Å². The second-order valence-electron chi connectivity index (χ2n) is 6.33.